The fraction of sp³-hybridized carbons (Fsp3) is 1.00. The zero-order valence-corrected chi connectivity index (χ0v) is 12.6. The summed E-state index contributed by atoms with van der Waals surface area (Å²) in [7, 11) is 1.76. The summed E-state index contributed by atoms with van der Waals surface area (Å²) in [6.07, 6.45) is 1.02. The number of piperazine rings is 1. The van der Waals surface area contributed by atoms with E-state index in [0.29, 0.717) is 6.54 Å². The number of ether oxygens (including phenoxy) is 1. The van der Waals surface area contributed by atoms with Crippen LogP contribution in [-0.4, -0.2) is 68.3 Å². The summed E-state index contributed by atoms with van der Waals surface area (Å²) in [5.41, 5.74) is 6.08. The van der Waals surface area contributed by atoms with E-state index in [9.17, 15) is 0 Å². The summed E-state index contributed by atoms with van der Waals surface area (Å²) >= 11 is 0. The predicted octanol–water partition coefficient (Wildman–Crippen LogP) is 1.01. The molecule has 0 aliphatic carbocycles. The van der Waals surface area contributed by atoms with Crippen LogP contribution in [0, 0.1) is 5.92 Å². The van der Waals surface area contributed by atoms with Crippen LogP contribution in [0.1, 0.15) is 27.2 Å². The lowest BCUT2D eigenvalue weighted by Crippen LogP contribution is -2.59. The smallest absolute Gasteiger partial charge is 0.0480 e. The predicted molar refractivity (Wildman–Crippen MR) is 76.8 cm³/mol. The maximum atomic E-state index is 5.98. The van der Waals surface area contributed by atoms with E-state index in [0.717, 1.165) is 32.0 Å². The van der Waals surface area contributed by atoms with Crippen molar-refractivity contribution < 1.29 is 4.74 Å². The molecule has 1 aliphatic rings. The van der Waals surface area contributed by atoms with E-state index in [1.54, 1.807) is 7.11 Å². The van der Waals surface area contributed by atoms with Gasteiger partial charge >= 0.3 is 0 Å². The molecule has 0 saturated carbocycles. The first kappa shape index (κ1) is 15.9. The van der Waals surface area contributed by atoms with Gasteiger partial charge in [0.15, 0.2) is 0 Å². The summed E-state index contributed by atoms with van der Waals surface area (Å²) in [5, 5.41) is 0. The Kier molecular flexibility index (Phi) is 6.57. The summed E-state index contributed by atoms with van der Waals surface area (Å²) in [4.78, 5) is 5.11. The lowest BCUT2D eigenvalue weighted by atomic mass is 9.95. The van der Waals surface area contributed by atoms with E-state index in [1.807, 2.05) is 0 Å². The van der Waals surface area contributed by atoms with Gasteiger partial charge in [-0.05, 0) is 19.3 Å². The first-order valence-corrected chi connectivity index (χ1v) is 7.18. The Morgan fingerprint density at radius 1 is 1.22 bits per heavy atom. The summed E-state index contributed by atoms with van der Waals surface area (Å²) in [6, 6.07) is 0. The van der Waals surface area contributed by atoms with Crippen LogP contribution in [-0.2, 0) is 4.74 Å². The second-order valence-electron chi connectivity index (χ2n) is 6.13. The van der Waals surface area contributed by atoms with Gasteiger partial charge < -0.3 is 15.4 Å². The largest absolute Gasteiger partial charge is 0.385 e. The Morgan fingerprint density at radius 2 is 1.83 bits per heavy atom. The van der Waals surface area contributed by atoms with Gasteiger partial charge in [0.2, 0.25) is 0 Å². The fourth-order valence-corrected chi connectivity index (χ4v) is 2.70. The maximum absolute atomic E-state index is 5.98. The minimum absolute atomic E-state index is 0.0972. The average Bonchev–Trinajstić information content (AvgIpc) is 2.36. The highest BCUT2D eigenvalue weighted by molar-refractivity contribution is 4.90. The van der Waals surface area contributed by atoms with Gasteiger partial charge in [0, 0.05) is 58.5 Å². The normalized spacial score (nSPS) is 22.3. The van der Waals surface area contributed by atoms with Crippen molar-refractivity contribution >= 4 is 0 Å². The van der Waals surface area contributed by atoms with Crippen LogP contribution in [0.5, 0.6) is 0 Å². The number of methoxy groups -OCH3 is 1. The zero-order valence-electron chi connectivity index (χ0n) is 12.6. The highest BCUT2D eigenvalue weighted by Crippen LogP contribution is 2.20. The third-order valence-electron chi connectivity index (χ3n) is 4.04. The van der Waals surface area contributed by atoms with Crippen molar-refractivity contribution in [2.75, 3.05) is 53.0 Å². The van der Waals surface area contributed by atoms with Crippen LogP contribution < -0.4 is 5.73 Å². The van der Waals surface area contributed by atoms with Gasteiger partial charge in [-0.25, -0.2) is 0 Å². The molecule has 108 valence electrons. The second kappa shape index (κ2) is 7.43. The number of hydrogen-bond acceptors (Lipinski definition) is 4. The number of hydrogen-bond donors (Lipinski definition) is 1. The number of nitrogens with two attached hydrogens (primary N) is 1. The molecule has 0 radical (unpaired) electrons. The fourth-order valence-electron chi connectivity index (χ4n) is 2.70. The Hall–Kier alpha value is -0.160. The Morgan fingerprint density at radius 3 is 2.28 bits per heavy atom. The monoisotopic (exact) mass is 257 g/mol. The van der Waals surface area contributed by atoms with Crippen molar-refractivity contribution in [3.63, 3.8) is 0 Å². The van der Waals surface area contributed by atoms with Gasteiger partial charge in [0.1, 0.15) is 0 Å². The first-order chi connectivity index (χ1) is 8.51. The molecule has 2 N–H and O–H groups in total. The lowest BCUT2D eigenvalue weighted by molar-refractivity contribution is 0.0231. The molecular formula is C14H31N3O. The molecule has 4 heteroatoms. The molecule has 1 rings (SSSR count). The SMILES string of the molecule is COCCC(C)(CN)N1CCN(CC(C)C)CC1. The standard InChI is InChI=1S/C14H31N3O/c1-13(2)11-16-6-8-17(9-7-16)14(3,12-15)5-10-18-4/h13H,5-12,15H2,1-4H3. The minimum atomic E-state index is 0.0972. The van der Waals surface area contributed by atoms with Gasteiger partial charge in [-0.2, -0.15) is 0 Å². The second-order valence-corrected chi connectivity index (χ2v) is 6.13. The van der Waals surface area contributed by atoms with E-state index in [1.165, 1.54) is 19.6 Å². The number of rotatable bonds is 7. The van der Waals surface area contributed by atoms with Gasteiger partial charge in [-0.1, -0.05) is 13.8 Å². The van der Waals surface area contributed by atoms with Crippen molar-refractivity contribution in [2.24, 2.45) is 11.7 Å². The van der Waals surface area contributed by atoms with Crippen LogP contribution in [0.25, 0.3) is 0 Å². The summed E-state index contributed by atoms with van der Waals surface area (Å²) in [6.45, 7) is 14.1. The molecule has 1 fully saturated rings. The van der Waals surface area contributed by atoms with E-state index in [2.05, 4.69) is 30.6 Å². The summed E-state index contributed by atoms with van der Waals surface area (Å²) in [5.74, 6) is 0.755. The first-order valence-electron chi connectivity index (χ1n) is 7.18. The average molecular weight is 257 g/mol. The molecule has 0 amide bonds. The van der Waals surface area contributed by atoms with Crippen molar-refractivity contribution in [1.29, 1.82) is 0 Å². The number of nitrogens with zero attached hydrogens (tertiary/aromatic N) is 2. The minimum Gasteiger partial charge on any atom is -0.385 e. The molecular weight excluding hydrogens is 226 g/mol. The highest BCUT2D eigenvalue weighted by Gasteiger charge is 2.32. The third-order valence-corrected chi connectivity index (χ3v) is 4.04. The van der Waals surface area contributed by atoms with Crippen LogP contribution >= 0.6 is 0 Å². The van der Waals surface area contributed by atoms with Gasteiger partial charge in [-0.15, -0.1) is 0 Å². The molecule has 1 atom stereocenters. The van der Waals surface area contributed by atoms with Gasteiger partial charge in [-0.3, -0.25) is 4.90 Å². The molecule has 4 nitrogen and oxygen atoms in total. The van der Waals surface area contributed by atoms with Crippen molar-refractivity contribution in [1.82, 2.24) is 9.80 Å². The van der Waals surface area contributed by atoms with E-state index in [-0.39, 0.29) is 5.54 Å². The Bertz CT molecular complexity index is 227. The molecule has 1 unspecified atom stereocenters. The van der Waals surface area contributed by atoms with Crippen LogP contribution in [0.2, 0.25) is 0 Å². The molecule has 0 aromatic heterocycles. The Balaban J connectivity index is 2.44. The van der Waals surface area contributed by atoms with Crippen molar-refractivity contribution in [3.05, 3.63) is 0 Å². The van der Waals surface area contributed by atoms with Gasteiger partial charge in [0.05, 0.1) is 0 Å². The quantitative estimate of drug-likeness (QED) is 0.739. The van der Waals surface area contributed by atoms with E-state index >= 15 is 0 Å². The van der Waals surface area contributed by atoms with Gasteiger partial charge in [0.25, 0.3) is 0 Å². The molecule has 0 bridgehead atoms. The molecule has 1 saturated heterocycles. The molecule has 18 heavy (non-hydrogen) atoms. The lowest BCUT2D eigenvalue weighted by Gasteiger charge is -2.45. The zero-order chi connectivity index (χ0) is 13.6. The third kappa shape index (κ3) is 4.50. The maximum Gasteiger partial charge on any atom is 0.0480 e. The van der Waals surface area contributed by atoms with Crippen molar-refractivity contribution in [3.8, 4) is 0 Å². The molecule has 1 heterocycles. The van der Waals surface area contributed by atoms with Crippen LogP contribution in [0.4, 0.5) is 0 Å². The van der Waals surface area contributed by atoms with E-state index < -0.39 is 0 Å². The Labute approximate surface area is 112 Å². The molecule has 0 aromatic rings. The van der Waals surface area contributed by atoms with Crippen LogP contribution in [0.3, 0.4) is 0 Å². The summed E-state index contributed by atoms with van der Waals surface area (Å²) < 4.78 is 5.21. The van der Waals surface area contributed by atoms with Crippen molar-refractivity contribution in [2.45, 2.75) is 32.7 Å². The molecule has 0 aromatic carbocycles. The topological polar surface area (TPSA) is 41.7 Å². The van der Waals surface area contributed by atoms with Crippen LogP contribution in [0.15, 0.2) is 0 Å². The van der Waals surface area contributed by atoms with E-state index in [4.69, 9.17) is 10.5 Å². The molecule has 0 spiro atoms. The highest BCUT2D eigenvalue weighted by atomic mass is 16.5. The molecule has 1 aliphatic heterocycles.